The predicted octanol–water partition coefficient (Wildman–Crippen LogP) is 3.68. The van der Waals surface area contributed by atoms with E-state index in [9.17, 15) is 9.59 Å². The van der Waals surface area contributed by atoms with E-state index in [4.69, 9.17) is 0 Å². The van der Waals surface area contributed by atoms with Crippen LogP contribution in [0.2, 0.25) is 0 Å². The number of carbonyl (C=O) groups is 2. The van der Waals surface area contributed by atoms with Crippen molar-refractivity contribution >= 4 is 23.2 Å². The maximum Gasteiger partial charge on any atom is 0.228 e. The van der Waals surface area contributed by atoms with Crippen molar-refractivity contribution in [2.24, 2.45) is 5.92 Å². The quantitative estimate of drug-likeness (QED) is 0.766. The molecular weight excluding hydrogens is 338 g/mol. The Balaban J connectivity index is 1.69. The number of hydrogen-bond acceptors (Lipinski definition) is 3. The van der Waals surface area contributed by atoms with E-state index in [0.717, 1.165) is 44.6 Å². The van der Waals surface area contributed by atoms with Crippen LogP contribution in [0.1, 0.15) is 52.9 Å². The van der Waals surface area contributed by atoms with Crippen molar-refractivity contribution in [1.29, 1.82) is 0 Å². The van der Waals surface area contributed by atoms with Crippen molar-refractivity contribution in [1.82, 2.24) is 4.90 Å². The molecule has 1 aromatic carbocycles. The fourth-order valence-corrected chi connectivity index (χ4v) is 4.50. The predicted molar refractivity (Wildman–Crippen MR) is 110 cm³/mol. The molecule has 2 unspecified atom stereocenters. The minimum absolute atomic E-state index is 0.0639. The smallest absolute Gasteiger partial charge is 0.228 e. The monoisotopic (exact) mass is 371 g/mol. The first-order chi connectivity index (χ1) is 13.1. The van der Waals surface area contributed by atoms with Gasteiger partial charge in [0.1, 0.15) is 0 Å². The molecule has 0 radical (unpaired) electrons. The lowest BCUT2D eigenvalue weighted by Gasteiger charge is -2.36. The Morgan fingerprint density at radius 1 is 1.11 bits per heavy atom. The maximum absolute atomic E-state index is 13.1. The number of amides is 2. The van der Waals surface area contributed by atoms with Crippen LogP contribution in [0.5, 0.6) is 0 Å². The highest BCUT2D eigenvalue weighted by Crippen LogP contribution is 2.30. The Morgan fingerprint density at radius 3 is 2.44 bits per heavy atom. The van der Waals surface area contributed by atoms with Crippen LogP contribution in [0.15, 0.2) is 24.3 Å². The zero-order valence-electron chi connectivity index (χ0n) is 17.0. The Hall–Kier alpha value is -2.04. The second-order valence-electron chi connectivity index (χ2n) is 7.68. The van der Waals surface area contributed by atoms with Gasteiger partial charge in [-0.1, -0.05) is 6.92 Å². The van der Waals surface area contributed by atoms with Crippen LogP contribution in [0.25, 0.3) is 0 Å². The molecule has 2 aliphatic rings. The highest BCUT2D eigenvalue weighted by Gasteiger charge is 2.39. The van der Waals surface area contributed by atoms with Crippen molar-refractivity contribution in [2.75, 3.05) is 36.0 Å². The SMILES string of the molecule is CCC1CCCCN1C(=O)C1CC(=O)N(c2ccc(N(CC)CC)cc2)C1. The van der Waals surface area contributed by atoms with Crippen molar-refractivity contribution in [3.63, 3.8) is 0 Å². The third-order valence-corrected chi connectivity index (χ3v) is 6.15. The lowest BCUT2D eigenvalue weighted by Crippen LogP contribution is -2.46. The Bertz CT molecular complexity index is 654. The van der Waals surface area contributed by atoms with Gasteiger partial charge in [-0.05, 0) is 63.8 Å². The summed E-state index contributed by atoms with van der Waals surface area (Å²) >= 11 is 0. The molecule has 3 rings (SSSR count). The van der Waals surface area contributed by atoms with Gasteiger partial charge in [-0.3, -0.25) is 9.59 Å². The van der Waals surface area contributed by atoms with Gasteiger partial charge >= 0.3 is 0 Å². The first kappa shape index (κ1) is 19.7. The van der Waals surface area contributed by atoms with E-state index in [1.807, 2.05) is 12.1 Å². The van der Waals surface area contributed by atoms with Gasteiger partial charge in [0.15, 0.2) is 0 Å². The average Bonchev–Trinajstić information content (AvgIpc) is 3.10. The molecule has 148 valence electrons. The van der Waals surface area contributed by atoms with E-state index in [0.29, 0.717) is 19.0 Å². The second kappa shape index (κ2) is 8.77. The van der Waals surface area contributed by atoms with Gasteiger partial charge in [0, 0.05) is 50.0 Å². The number of likely N-dealkylation sites (tertiary alicyclic amines) is 1. The minimum Gasteiger partial charge on any atom is -0.372 e. The Kier molecular flexibility index (Phi) is 6.40. The zero-order chi connectivity index (χ0) is 19.4. The molecule has 5 nitrogen and oxygen atoms in total. The van der Waals surface area contributed by atoms with E-state index in [1.165, 1.54) is 12.1 Å². The van der Waals surface area contributed by atoms with Crippen LogP contribution in [0, 0.1) is 5.92 Å². The summed E-state index contributed by atoms with van der Waals surface area (Å²) in [5.74, 6) is 0.0401. The number of anilines is 2. The van der Waals surface area contributed by atoms with Crippen LogP contribution >= 0.6 is 0 Å². The van der Waals surface area contributed by atoms with Crippen molar-refractivity contribution < 1.29 is 9.59 Å². The van der Waals surface area contributed by atoms with E-state index >= 15 is 0 Å². The number of nitrogens with zero attached hydrogens (tertiary/aromatic N) is 3. The van der Waals surface area contributed by atoms with Crippen LogP contribution in [0.4, 0.5) is 11.4 Å². The summed E-state index contributed by atoms with van der Waals surface area (Å²) in [5.41, 5.74) is 2.07. The molecule has 2 saturated heterocycles. The van der Waals surface area contributed by atoms with Crippen LogP contribution < -0.4 is 9.80 Å². The lowest BCUT2D eigenvalue weighted by atomic mass is 9.97. The zero-order valence-corrected chi connectivity index (χ0v) is 17.0. The maximum atomic E-state index is 13.1. The second-order valence-corrected chi connectivity index (χ2v) is 7.68. The summed E-state index contributed by atoms with van der Waals surface area (Å²) in [5, 5.41) is 0. The number of carbonyl (C=O) groups excluding carboxylic acids is 2. The normalized spacial score (nSPS) is 23.0. The molecule has 0 aromatic heterocycles. The Morgan fingerprint density at radius 2 is 1.81 bits per heavy atom. The standard InChI is InChI=1S/C22H33N3O2/c1-4-18-9-7-8-14-24(18)22(27)17-15-21(26)25(16-17)20-12-10-19(11-13-20)23(5-2)6-3/h10-13,17-18H,4-9,14-16H2,1-3H3. The van der Waals surface area contributed by atoms with Gasteiger partial charge in [0.2, 0.25) is 11.8 Å². The van der Waals surface area contributed by atoms with E-state index in [2.05, 4.69) is 42.7 Å². The number of benzene rings is 1. The van der Waals surface area contributed by atoms with Gasteiger partial charge in [-0.15, -0.1) is 0 Å². The molecule has 0 spiro atoms. The largest absolute Gasteiger partial charge is 0.372 e. The van der Waals surface area contributed by atoms with Crippen molar-refractivity contribution in [3.8, 4) is 0 Å². The molecular formula is C22H33N3O2. The highest BCUT2D eigenvalue weighted by molar-refractivity contribution is 6.00. The molecule has 2 heterocycles. The fourth-order valence-electron chi connectivity index (χ4n) is 4.50. The molecule has 2 atom stereocenters. The molecule has 2 fully saturated rings. The molecule has 0 aliphatic carbocycles. The first-order valence-corrected chi connectivity index (χ1v) is 10.5. The molecule has 0 N–H and O–H groups in total. The third-order valence-electron chi connectivity index (χ3n) is 6.15. The van der Waals surface area contributed by atoms with Gasteiger partial charge in [0.05, 0.1) is 5.92 Å². The molecule has 0 saturated carbocycles. The molecule has 5 heteroatoms. The highest BCUT2D eigenvalue weighted by atomic mass is 16.2. The van der Waals surface area contributed by atoms with Crippen molar-refractivity contribution in [3.05, 3.63) is 24.3 Å². The third kappa shape index (κ3) is 4.12. The van der Waals surface area contributed by atoms with Gasteiger partial charge in [0.25, 0.3) is 0 Å². The summed E-state index contributed by atoms with van der Waals surface area (Å²) in [6, 6.07) is 8.51. The van der Waals surface area contributed by atoms with Crippen LogP contribution in [-0.4, -0.2) is 48.9 Å². The molecule has 0 bridgehead atoms. The van der Waals surface area contributed by atoms with Gasteiger partial charge in [-0.2, -0.15) is 0 Å². The van der Waals surface area contributed by atoms with Gasteiger partial charge in [-0.25, -0.2) is 0 Å². The van der Waals surface area contributed by atoms with Crippen LogP contribution in [0.3, 0.4) is 0 Å². The summed E-state index contributed by atoms with van der Waals surface area (Å²) in [6.07, 6.45) is 4.72. The van der Waals surface area contributed by atoms with E-state index < -0.39 is 0 Å². The summed E-state index contributed by atoms with van der Waals surface area (Å²) < 4.78 is 0. The average molecular weight is 372 g/mol. The molecule has 2 amide bonds. The van der Waals surface area contributed by atoms with E-state index in [1.54, 1.807) is 4.90 Å². The van der Waals surface area contributed by atoms with E-state index in [-0.39, 0.29) is 17.7 Å². The fraction of sp³-hybridized carbons (Fsp3) is 0.636. The Labute approximate surface area is 163 Å². The van der Waals surface area contributed by atoms with Gasteiger partial charge < -0.3 is 14.7 Å². The summed E-state index contributed by atoms with van der Waals surface area (Å²) in [6.45, 7) is 9.71. The molecule has 1 aromatic rings. The summed E-state index contributed by atoms with van der Waals surface area (Å²) in [7, 11) is 0. The lowest BCUT2D eigenvalue weighted by molar-refractivity contribution is -0.139. The molecule has 2 aliphatic heterocycles. The molecule has 27 heavy (non-hydrogen) atoms. The topological polar surface area (TPSA) is 43.9 Å². The number of rotatable bonds is 6. The number of hydrogen-bond donors (Lipinski definition) is 0. The van der Waals surface area contributed by atoms with Crippen molar-refractivity contribution in [2.45, 2.75) is 58.9 Å². The minimum atomic E-state index is -0.202. The summed E-state index contributed by atoms with van der Waals surface area (Å²) in [4.78, 5) is 31.8. The number of piperidine rings is 1. The first-order valence-electron chi connectivity index (χ1n) is 10.5. The van der Waals surface area contributed by atoms with Crippen LogP contribution in [-0.2, 0) is 9.59 Å².